The second kappa shape index (κ2) is 4.89. The van der Waals surface area contributed by atoms with Gasteiger partial charge in [-0.25, -0.2) is 0 Å². The minimum atomic E-state index is 0.601. The molecule has 0 atom stereocenters. The van der Waals surface area contributed by atoms with Crippen molar-refractivity contribution < 1.29 is 0 Å². The highest BCUT2D eigenvalue weighted by atomic mass is 32.2. The quantitative estimate of drug-likeness (QED) is 0.681. The van der Waals surface area contributed by atoms with Gasteiger partial charge in [-0.3, -0.25) is 0 Å². The van der Waals surface area contributed by atoms with Crippen molar-refractivity contribution in [2.24, 2.45) is 5.92 Å². The highest BCUT2D eigenvalue weighted by Gasteiger charge is 2.32. The van der Waals surface area contributed by atoms with Gasteiger partial charge < -0.3 is 5.32 Å². The van der Waals surface area contributed by atoms with Crippen LogP contribution in [-0.4, -0.2) is 24.1 Å². The summed E-state index contributed by atoms with van der Waals surface area (Å²) in [6.07, 6.45) is 12.5. The molecule has 0 saturated heterocycles. The van der Waals surface area contributed by atoms with E-state index in [0.29, 0.717) is 4.75 Å². The van der Waals surface area contributed by atoms with Crippen LogP contribution in [0.4, 0.5) is 0 Å². The van der Waals surface area contributed by atoms with Gasteiger partial charge in [0, 0.05) is 11.3 Å². The zero-order valence-electron chi connectivity index (χ0n) is 9.35. The molecule has 2 fully saturated rings. The second-order valence-corrected chi connectivity index (χ2v) is 6.28. The van der Waals surface area contributed by atoms with Crippen LogP contribution in [0.25, 0.3) is 0 Å². The molecule has 0 unspecified atom stereocenters. The highest BCUT2D eigenvalue weighted by molar-refractivity contribution is 8.00. The third-order valence-electron chi connectivity index (χ3n) is 3.82. The van der Waals surface area contributed by atoms with Gasteiger partial charge in [0.1, 0.15) is 0 Å². The van der Waals surface area contributed by atoms with Crippen LogP contribution in [-0.2, 0) is 0 Å². The van der Waals surface area contributed by atoms with Crippen LogP contribution >= 0.6 is 11.8 Å². The number of hydrogen-bond acceptors (Lipinski definition) is 2. The Hall–Kier alpha value is 0.310. The number of thioether (sulfide) groups is 1. The van der Waals surface area contributed by atoms with Crippen molar-refractivity contribution in [3.05, 3.63) is 0 Å². The first-order chi connectivity index (χ1) is 6.85. The molecule has 2 saturated carbocycles. The van der Waals surface area contributed by atoms with E-state index in [1.807, 2.05) is 0 Å². The molecule has 0 aromatic carbocycles. The molecule has 0 heterocycles. The molecule has 0 spiro atoms. The Morgan fingerprint density at radius 1 is 1.29 bits per heavy atom. The van der Waals surface area contributed by atoms with Gasteiger partial charge in [-0.15, -0.1) is 0 Å². The number of nitrogens with one attached hydrogen (secondary N) is 1. The monoisotopic (exact) mass is 213 g/mol. The Morgan fingerprint density at radius 2 is 2.00 bits per heavy atom. The van der Waals surface area contributed by atoms with E-state index >= 15 is 0 Å². The first kappa shape index (κ1) is 10.8. The lowest BCUT2D eigenvalue weighted by Gasteiger charge is -2.27. The topological polar surface area (TPSA) is 12.0 Å². The largest absolute Gasteiger partial charge is 0.315 e. The Kier molecular flexibility index (Phi) is 3.78. The third kappa shape index (κ3) is 2.90. The van der Waals surface area contributed by atoms with Gasteiger partial charge in [-0.05, 0) is 38.0 Å². The average molecular weight is 213 g/mol. The van der Waals surface area contributed by atoms with Crippen LogP contribution in [0.5, 0.6) is 0 Å². The Morgan fingerprint density at radius 3 is 2.57 bits per heavy atom. The molecule has 0 bridgehead atoms. The molecule has 14 heavy (non-hydrogen) atoms. The summed E-state index contributed by atoms with van der Waals surface area (Å²) in [6, 6.07) is 0. The van der Waals surface area contributed by atoms with E-state index in [9.17, 15) is 0 Å². The van der Waals surface area contributed by atoms with Gasteiger partial charge in [-0.1, -0.05) is 25.7 Å². The molecule has 2 heteroatoms. The van der Waals surface area contributed by atoms with Crippen molar-refractivity contribution in [1.29, 1.82) is 0 Å². The van der Waals surface area contributed by atoms with Crippen molar-refractivity contribution in [2.45, 2.75) is 49.7 Å². The van der Waals surface area contributed by atoms with Gasteiger partial charge in [0.25, 0.3) is 0 Å². The fourth-order valence-electron chi connectivity index (χ4n) is 2.50. The molecule has 0 amide bonds. The first-order valence-corrected chi connectivity index (χ1v) is 7.33. The molecule has 82 valence electrons. The van der Waals surface area contributed by atoms with Crippen LogP contribution in [0.2, 0.25) is 0 Å². The van der Waals surface area contributed by atoms with Crippen molar-refractivity contribution >= 4 is 11.8 Å². The maximum atomic E-state index is 3.67. The fraction of sp³-hybridized carbons (Fsp3) is 1.00. The average Bonchev–Trinajstić information content (AvgIpc) is 2.92. The first-order valence-electron chi connectivity index (χ1n) is 6.10. The van der Waals surface area contributed by atoms with E-state index in [2.05, 4.69) is 23.3 Å². The van der Waals surface area contributed by atoms with Crippen LogP contribution in [0.3, 0.4) is 0 Å². The number of rotatable bonds is 6. The Bertz CT molecular complexity index is 171. The van der Waals surface area contributed by atoms with E-state index in [-0.39, 0.29) is 0 Å². The molecule has 2 aliphatic rings. The molecule has 0 aromatic rings. The predicted octanol–water partition coefficient (Wildman–Crippen LogP) is 3.05. The zero-order chi connectivity index (χ0) is 9.86. The smallest absolute Gasteiger partial charge is 0.0281 e. The SMILES string of the molecule is CSC1(CNCCC2CC2)CCCC1. The standard InChI is InChI=1S/C12H23NS/c1-14-12(7-2-3-8-12)10-13-9-6-11-4-5-11/h11,13H,2-10H2,1H3. The maximum absolute atomic E-state index is 3.67. The van der Waals surface area contributed by atoms with Gasteiger partial charge in [0.05, 0.1) is 0 Å². The van der Waals surface area contributed by atoms with Crippen molar-refractivity contribution in [2.75, 3.05) is 19.3 Å². The van der Waals surface area contributed by atoms with Crippen LogP contribution < -0.4 is 5.32 Å². The molecule has 1 N–H and O–H groups in total. The van der Waals surface area contributed by atoms with E-state index < -0.39 is 0 Å². The minimum Gasteiger partial charge on any atom is -0.315 e. The maximum Gasteiger partial charge on any atom is 0.0281 e. The summed E-state index contributed by atoms with van der Waals surface area (Å²) < 4.78 is 0.601. The van der Waals surface area contributed by atoms with Crippen molar-refractivity contribution in [3.63, 3.8) is 0 Å². The lowest BCUT2D eigenvalue weighted by Crippen LogP contribution is -2.35. The van der Waals surface area contributed by atoms with Gasteiger partial charge in [0.15, 0.2) is 0 Å². The highest BCUT2D eigenvalue weighted by Crippen LogP contribution is 2.39. The minimum absolute atomic E-state index is 0.601. The van der Waals surface area contributed by atoms with Crippen molar-refractivity contribution in [1.82, 2.24) is 5.32 Å². The molecule has 2 rings (SSSR count). The van der Waals surface area contributed by atoms with Crippen LogP contribution in [0.15, 0.2) is 0 Å². The molecular formula is C12H23NS. The molecule has 0 aromatic heterocycles. The zero-order valence-corrected chi connectivity index (χ0v) is 10.2. The fourth-order valence-corrected chi connectivity index (χ4v) is 3.44. The molecule has 1 nitrogen and oxygen atoms in total. The molecule has 0 aliphatic heterocycles. The van der Waals surface area contributed by atoms with E-state index in [1.54, 1.807) is 0 Å². The number of hydrogen-bond donors (Lipinski definition) is 1. The summed E-state index contributed by atoms with van der Waals surface area (Å²) in [6.45, 7) is 2.51. The van der Waals surface area contributed by atoms with Crippen molar-refractivity contribution in [3.8, 4) is 0 Å². The van der Waals surface area contributed by atoms with Crippen LogP contribution in [0.1, 0.15) is 44.9 Å². The summed E-state index contributed by atoms with van der Waals surface area (Å²) in [4.78, 5) is 0. The van der Waals surface area contributed by atoms with Gasteiger partial charge in [0.2, 0.25) is 0 Å². The Balaban J connectivity index is 1.61. The van der Waals surface area contributed by atoms with E-state index in [0.717, 1.165) is 5.92 Å². The van der Waals surface area contributed by atoms with Gasteiger partial charge in [-0.2, -0.15) is 11.8 Å². The summed E-state index contributed by atoms with van der Waals surface area (Å²) in [7, 11) is 0. The summed E-state index contributed by atoms with van der Waals surface area (Å²) in [5.41, 5.74) is 0. The summed E-state index contributed by atoms with van der Waals surface area (Å²) in [5.74, 6) is 1.08. The molecule has 2 aliphatic carbocycles. The molecule has 0 radical (unpaired) electrons. The Labute approximate surface area is 92.4 Å². The lowest BCUT2D eigenvalue weighted by atomic mass is 10.1. The summed E-state index contributed by atoms with van der Waals surface area (Å²) >= 11 is 2.09. The van der Waals surface area contributed by atoms with Gasteiger partial charge >= 0.3 is 0 Å². The van der Waals surface area contributed by atoms with E-state index in [4.69, 9.17) is 0 Å². The van der Waals surface area contributed by atoms with Crippen LogP contribution in [0, 0.1) is 5.92 Å². The summed E-state index contributed by atoms with van der Waals surface area (Å²) in [5, 5.41) is 3.67. The predicted molar refractivity (Wildman–Crippen MR) is 64.9 cm³/mol. The normalized spacial score (nSPS) is 25.5. The lowest BCUT2D eigenvalue weighted by molar-refractivity contribution is 0.517. The second-order valence-electron chi connectivity index (χ2n) is 5.00. The third-order valence-corrected chi connectivity index (χ3v) is 5.24. The van der Waals surface area contributed by atoms with E-state index in [1.165, 1.54) is 58.0 Å². The molecular weight excluding hydrogens is 190 g/mol.